The van der Waals surface area contributed by atoms with Crippen LogP contribution in [0.15, 0.2) is 29.3 Å². The molecule has 2 fully saturated rings. The minimum Gasteiger partial charge on any atom is -0.342 e. The maximum atomic E-state index is 12.1. The molecule has 8 heteroatoms. The summed E-state index contributed by atoms with van der Waals surface area (Å²) in [7, 11) is -3.03. The quantitative estimate of drug-likeness (QED) is 0.777. The molecule has 1 aromatic rings. The molecule has 0 N–H and O–H groups in total. The Kier molecular flexibility index (Phi) is 5.46. The van der Waals surface area contributed by atoms with E-state index in [4.69, 9.17) is 11.6 Å². The van der Waals surface area contributed by atoms with Gasteiger partial charge in [-0.2, -0.15) is 4.99 Å². The average molecular weight is 401 g/mol. The molecule has 0 bridgehead atoms. The SMILES string of the molecule is CC(C)CC(=O)N=C1SC2CS(=O)(=O)CC2N1Cc1ccc(Cl)cc1. The van der Waals surface area contributed by atoms with Gasteiger partial charge >= 0.3 is 0 Å². The largest absolute Gasteiger partial charge is 0.342 e. The maximum Gasteiger partial charge on any atom is 0.248 e. The van der Waals surface area contributed by atoms with E-state index in [2.05, 4.69) is 4.99 Å². The van der Waals surface area contributed by atoms with Crippen molar-refractivity contribution < 1.29 is 13.2 Å². The second-order valence-electron chi connectivity index (χ2n) is 6.94. The van der Waals surface area contributed by atoms with Gasteiger partial charge in [-0.1, -0.05) is 49.3 Å². The number of benzene rings is 1. The van der Waals surface area contributed by atoms with Crippen LogP contribution in [0.1, 0.15) is 25.8 Å². The summed E-state index contributed by atoms with van der Waals surface area (Å²) in [5.74, 6) is 0.362. The number of aliphatic imine (C=N–C) groups is 1. The van der Waals surface area contributed by atoms with Gasteiger partial charge in [-0.05, 0) is 23.6 Å². The Bertz CT molecular complexity index is 791. The van der Waals surface area contributed by atoms with E-state index < -0.39 is 9.84 Å². The van der Waals surface area contributed by atoms with Crippen molar-refractivity contribution in [3.8, 4) is 0 Å². The predicted molar refractivity (Wildman–Crippen MR) is 103 cm³/mol. The van der Waals surface area contributed by atoms with Gasteiger partial charge in [-0.25, -0.2) is 8.42 Å². The fraction of sp³-hybridized carbons (Fsp3) is 0.529. The number of amidine groups is 1. The van der Waals surface area contributed by atoms with Crippen LogP contribution in [0.5, 0.6) is 0 Å². The van der Waals surface area contributed by atoms with E-state index in [1.807, 2.05) is 43.0 Å². The fourth-order valence-corrected chi connectivity index (χ4v) is 7.20. The Labute approximate surface area is 157 Å². The molecule has 0 aromatic heterocycles. The van der Waals surface area contributed by atoms with E-state index >= 15 is 0 Å². The normalized spacial score (nSPS) is 26.4. The molecule has 3 rings (SSSR count). The van der Waals surface area contributed by atoms with Crippen LogP contribution < -0.4 is 0 Å². The van der Waals surface area contributed by atoms with Crippen LogP contribution in [-0.2, 0) is 21.2 Å². The molecule has 25 heavy (non-hydrogen) atoms. The van der Waals surface area contributed by atoms with Crippen molar-refractivity contribution in [3.05, 3.63) is 34.9 Å². The summed E-state index contributed by atoms with van der Waals surface area (Å²) in [6.07, 6.45) is 0.395. The highest BCUT2D eigenvalue weighted by Crippen LogP contribution is 2.39. The lowest BCUT2D eigenvalue weighted by molar-refractivity contribution is -0.118. The molecular weight excluding hydrogens is 380 g/mol. The molecule has 0 spiro atoms. The zero-order chi connectivity index (χ0) is 18.2. The van der Waals surface area contributed by atoms with Gasteiger partial charge in [-0.15, -0.1) is 0 Å². The van der Waals surface area contributed by atoms with Gasteiger partial charge in [-0.3, -0.25) is 4.79 Å². The van der Waals surface area contributed by atoms with E-state index in [1.165, 1.54) is 11.8 Å². The van der Waals surface area contributed by atoms with Gasteiger partial charge in [0.1, 0.15) is 0 Å². The van der Waals surface area contributed by atoms with E-state index in [0.29, 0.717) is 23.2 Å². The number of halogens is 1. The zero-order valence-corrected chi connectivity index (χ0v) is 16.6. The number of fused-ring (bicyclic) bond motifs is 1. The van der Waals surface area contributed by atoms with Crippen LogP contribution >= 0.6 is 23.4 Å². The summed E-state index contributed by atoms with van der Waals surface area (Å²) in [5.41, 5.74) is 1.01. The van der Waals surface area contributed by atoms with Crippen LogP contribution in [0.2, 0.25) is 5.02 Å². The second kappa shape index (κ2) is 7.29. The average Bonchev–Trinajstić information content (AvgIpc) is 2.93. The van der Waals surface area contributed by atoms with E-state index in [-0.39, 0.29) is 34.6 Å². The van der Waals surface area contributed by atoms with Crippen molar-refractivity contribution in [1.82, 2.24) is 4.90 Å². The Morgan fingerprint density at radius 1 is 1.32 bits per heavy atom. The van der Waals surface area contributed by atoms with Crippen LogP contribution in [0.4, 0.5) is 0 Å². The highest BCUT2D eigenvalue weighted by Gasteiger charge is 2.48. The molecule has 5 nitrogen and oxygen atoms in total. The number of carbonyl (C=O) groups is 1. The van der Waals surface area contributed by atoms with Gasteiger partial charge in [0.25, 0.3) is 0 Å². The monoisotopic (exact) mass is 400 g/mol. The Morgan fingerprint density at radius 2 is 2.00 bits per heavy atom. The number of rotatable bonds is 4. The summed E-state index contributed by atoms with van der Waals surface area (Å²) in [5, 5.41) is 1.25. The molecule has 1 aromatic carbocycles. The third-order valence-corrected chi connectivity index (χ3v) is 7.74. The third kappa shape index (κ3) is 4.57. The van der Waals surface area contributed by atoms with Crippen LogP contribution in [0.25, 0.3) is 0 Å². The lowest BCUT2D eigenvalue weighted by atomic mass is 10.1. The smallest absolute Gasteiger partial charge is 0.248 e. The Morgan fingerprint density at radius 3 is 2.64 bits per heavy atom. The van der Waals surface area contributed by atoms with Crippen LogP contribution in [0.3, 0.4) is 0 Å². The molecule has 2 aliphatic heterocycles. The first-order chi connectivity index (χ1) is 11.7. The fourth-order valence-electron chi connectivity index (χ4n) is 3.11. The Hall–Kier alpha value is -1.05. The number of nitrogens with zero attached hydrogens (tertiary/aromatic N) is 2. The van der Waals surface area contributed by atoms with Gasteiger partial charge < -0.3 is 4.90 Å². The summed E-state index contributed by atoms with van der Waals surface area (Å²) in [6, 6.07) is 7.32. The van der Waals surface area contributed by atoms with Crippen LogP contribution in [-0.4, -0.2) is 47.2 Å². The van der Waals surface area contributed by atoms with Crippen molar-refractivity contribution in [2.24, 2.45) is 10.9 Å². The molecule has 0 radical (unpaired) electrons. The third-order valence-electron chi connectivity index (χ3n) is 4.24. The van der Waals surface area contributed by atoms with Gasteiger partial charge in [0.05, 0.1) is 17.5 Å². The lowest BCUT2D eigenvalue weighted by Crippen LogP contribution is -2.37. The minimum atomic E-state index is -3.03. The number of carbonyl (C=O) groups excluding carboxylic acids is 1. The summed E-state index contributed by atoms with van der Waals surface area (Å²) < 4.78 is 24.0. The van der Waals surface area contributed by atoms with Gasteiger partial charge in [0.2, 0.25) is 5.91 Å². The maximum absolute atomic E-state index is 12.1. The molecule has 0 aliphatic carbocycles. The Balaban J connectivity index is 1.85. The highest BCUT2D eigenvalue weighted by molar-refractivity contribution is 8.15. The number of thioether (sulfide) groups is 1. The van der Waals surface area contributed by atoms with Gasteiger partial charge in [0, 0.05) is 23.2 Å². The number of hydrogen-bond donors (Lipinski definition) is 0. The molecule has 2 saturated heterocycles. The molecule has 2 aliphatic rings. The molecule has 0 saturated carbocycles. The van der Waals surface area contributed by atoms with E-state index in [1.54, 1.807) is 0 Å². The number of sulfone groups is 1. The summed E-state index contributed by atoms with van der Waals surface area (Å²) in [6.45, 7) is 4.48. The summed E-state index contributed by atoms with van der Waals surface area (Å²) >= 11 is 7.35. The first kappa shape index (κ1) is 18.7. The number of hydrogen-bond acceptors (Lipinski definition) is 4. The molecule has 2 unspecified atom stereocenters. The second-order valence-corrected chi connectivity index (χ2v) is 10.7. The molecule has 136 valence electrons. The topological polar surface area (TPSA) is 66.8 Å². The van der Waals surface area contributed by atoms with Gasteiger partial charge in [0.15, 0.2) is 15.0 Å². The van der Waals surface area contributed by atoms with E-state index in [0.717, 1.165) is 5.56 Å². The highest BCUT2D eigenvalue weighted by atomic mass is 35.5. The van der Waals surface area contributed by atoms with E-state index in [9.17, 15) is 13.2 Å². The molecule has 2 heterocycles. The standard InChI is InChI=1S/C17H21ClN2O3S2/c1-11(2)7-16(21)19-17-20(8-12-3-5-13(18)6-4-12)14-9-25(22,23)10-15(14)24-17/h3-6,11,14-15H,7-10H2,1-2H3. The van der Waals surface area contributed by atoms with Crippen molar-refractivity contribution in [2.45, 2.75) is 38.1 Å². The first-order valence-electron chi connectivity index (χ1n) is 8.23. The minimum absolute atomic E-state index is 0.0529. The predicted octanol–water partition coefficient (Wildman–Crippen LogP) is 2.98. The molecule has 1 amide bonds. The van der Waals surface area contributed by atoms with Crippen molar-refractivity contribution >= 4 is 44.3 Å². The summed E-state index contributed by atoms with van der Waals surface area (Å²) in [4.78, 5) is 18.4. The molecular formula is C17H21ClN2O3S2. The van der Waals surface area contributed by atoms with Crippen molar-refractivity contribution in [1.29, 1.82) is 0 Å². The number of amides is 1. The first-order valence-corrected chi connectivity index (χ1v) is 11.3. The zero-order valence-electron chi connectivity index (χ0n) is 14.2. The van der Waals surface area contributed by atoms with Crippen molar-refractivity contribution in [3.63, 3.8) is 0 Å². The van der Waals surface area contributed by atoms with Crippen molar-refractivity contribution in [2.75, 3.05) is 11.5 Å². The lowest BCUT2D eigenvalue weighted by Gasteiger charge is -2.24. The molecule has 2 atom stereocenters. The van der Waals surface area contributed by atoms with Crippen LogP contribution in [0, 0.1) is 5.92 Å².